The van der Waals surface area contributed by atoms with E-state index >= 15 is 0 Å². The first-order valence-corrected chi connectivity index (χ1v) is 11.6. The van der Waals surface area contributed by atoms with Gasteiger partial charge in [0, 0.05) is 36.7 Å². The third-order valence-corrected chi connectivity index (χ3v) is 6.72. The molecule has 0 spiro atoms. The number of anilines is 3. The van der Waals surface area contributed by atoms with E-state index in [1.807, 2.05) is 12.1 Å². The second-order valence-corrected chi connectivity index (χ2v) is 10.2. The summed E-state index contributed by atoms with van der Waals surface area (Å²) in [6.07, 6.45) is 0.448. The van der Waals surface area contributed by atoms with Gasteiger partial charge in [0.1, 0.15) is 0 Å². The molecule has 2 N–H and O–H groups in total. The molecule has 3 rings (SSSR count). The SMILES string of the molecule is CC1CN(c2cccc(NCc3ccc(NS(=O)(=O)C(C)C)cc3)c2)CC(C)O1. The van der Waals surface area contributed by atoms with Gasteiger partial charge in [0.25, 0.3) is 0 Å². The maximum absolute atomic E-state index is 12.0. The van der Waals surface area contributed by atoms with Crippen LogP contribution in [0.5, 0.6) is 0 Å². The number of benzene rings is 2. The van der Waals surface area contributed by atoms with E-state index in [0.717, 1.165) is 24.3 Å². The van der Waals surface area contributed by atoms with Gasteiger partial charge in [0.15, 0.2) is 0 Å². The van der Waals surface area contributed by atoms with Crippen LogP contribution in [0.1, 0.15) is 33.3 Å². The highest BCUT2D eigenvalue weighted by Gasteiger charge is 2.22. The van der Waals surface area contributed by atoms with Crippen LogP contribution in [0.25, 0.3) is 0 Å². The van der Waals surface area contributed by atoms with Crippen LogP contribution in [-0.2, 0) is 21.3 Å². The number of ether oxygens (including phenoxy) is 1. The quantitative estimate of drug-likeness (QED) is 0.711. The predicted molar refractivity (Wildman–Crippen MR) is 120 cm³/mol. The highest BCUT2D eigenvalue weighted by atomic mass is 32.2. The fraction of sp³-hybridized carbons (Fsp3) is 0.455. The maximum atomic E-state index is 12.0. The molecule has 1 aliphatic rings. The molecule has 1 fully saturated rings. The van der Waals surface area contributed by atoms with E-state index in [9.17, 15) is 8.42 Å². The lowest BCUT2D eigenvalue weighted by Crippen LogP contribution is -2.45. The first-order chi connectivity index (χ1) is 13.7. The summed E-state index contributed by atoms with van der Waals surface area (Å²) in [6.45, 7) is 9.98. The second kappa shape index (κ2) is 9.05. The minimum Gasteiger partial charge on any atom is -0.381 e. The molecule has 1 saturated heterocycles. The van der Waals surface area contributed by atoms with E-state index in [4.69, 9.17) is 4.74 Å². The fourth-order valence-corrected chi connectivity index (χ4v) is 4.08. The van der Waals surface area contributed by atoms with Gasteiger partial charge in [-0.3, -0.25) is 4.72 Å². The topological polar surface area (TPSA) is 70.7 Å². The van der Waals surface area contributed by atoms with Crippen LogP contribution in [0.3, 0.4) is 0 Å². The van der Waals surface area contributed by atoms with Crippen molar-refractivity contribution in [3.63, 3.8) is 0 Å². The van der Waals surface area contributed by atoms with Gasteiger partial charge in [-0.1, -0.05) is 18.2 Å². The number of hydrogen-bond acceptors (Lipinski definition) is 5. The summed E-state index contributed by atoms with van der Waals surface area (Å²) >= 11 is 0. The smallest absolute Gasteiger partial charge is 0.235 e. The lowest BCUT2D eigenvalue weighted by molar-refractivity contribution is -0.00521. The van der Waals surface area contributed by atoms with Crippen molar-refractivity contribution in [2.24, 2.45) is 0 Å². The van der Waals surface area contributed by atoms with E-state index in [1.165, 1.54) is 5.69 Å². The highest BCUT2D eigenvalue weighted by molar-refractivity contribution is 7.93. The van der Waals surface area contributed by atoms with E-state index in [-0.39, 0.29) is 12.2 Å². The van der Waals surface area contributed by atoms with Crippen molar-refractivity contribution >= 4 is 27.1 Å². The molecular formula is C22H31N3O3S. The Morgan fingerprint density at radius 1 is 1.03 bits per heavy atom. The Labute approximate surface area is 174 Å². The summed E-state index contributed by atoms with van der Waals surface area (Å²) in [4.78, 5) is 2.36. The zero-order chi connectivity index (χ0) is 21.0. The Morgan fingerprint density at radius 2 is 1.69 bits per heavy atom. The summed E-state index contributed by atoms with van der Waals surface area (Å²) in [5.41, 5.74) is 3.91. The Balaban J connectivity index is 1.60. The Bertz CT molecular complexity index is 903. The molecule has 2 aromatic rings. The summed E-state index contributed by atoms with van der Waals surface area (Å²) in [5.74, 6) is 0. The van der Waals surface area contributed by atoms with Gasteiger partial charge >= 0.3 is 0 Å². The van der Waals surface area contributed by atoms with Gasteiger partial charge in [0.05, 0.1) is 17.5 Å². The molecule has 2 aromatic carbocycles. The number of morpholine rings is 1. The largest absolute Gasteiger partial charge is 0.381 e. The summed E-state index contributed by atoms with van der Waals surface area (Å²) in [6, 6.07) is 15.9. The van der Waals surface area contributed by atoms with Gasteiger partial charge in [-0.15, -0.1) is 0 Å². The first kappa shape index (κ1) is 21.5. The van der Waals surface area contributed by atoms with Crippen molar-refractivity contribution in [3.05, 3.63) is 54.1 Å². The van der Waals surface area contributed by atoms with Crippen molar-refractivity contribution in [2.75, 3.05) is 28.0 Å². The third-order valence-electron chi connectivity index (χ3n) is 4.96. The van der Waals surface area contributed by atoms with E-state index < -0.39 is 15.3 Å². The second-order valence-electron chi connectivity index (χ2n) is 7.96. The molecule has 2 atom stereocenters. The molecule has 2 unspecified atom stereocenters. The number of hydrogen-bond donors (Lipinski definition) is 2. The maximum Gasteiger partial charge on any atom is 0.235 e. The summed E-state index contributed by atoms with van der Waals surface area (Å²) in [5, 5.41) is 2.99. The van der Waals surface area contributed by atoms with Crippen LogP contribution >= 0.6 is 0 Å². The van der Waals surface area contributed by atoms with Crippen LogP contribution in [0, 0.1) is 0 Å². The van der Waals surface area contributed by atoms with E-state index in [2.05, 4.69) is 53.1 Å². The van der Waals surface area contributed by atoms with Crippen LogP contribution in [0.2, 0.25) is 0 Å². The molecule has 0 saturated carbocycles. The van der Waals surface area contributed by atoms with Crippen molar-refractivity contribution in [3.8, 4) is 0 Å². The van der Waals surface area contributed by atoms with Gasteiger partial charge in [-0.2, -0.15) is 0 Å². The normalized spacial score (nSPS) is 20.0. The van der Waals surface area contributed by atoms with Crippen LogP contribution in [0.15, 0.2) is 48.5 Å². The molecule has 0 radical (unpaired) electrons. The lowest BCUT2D eigenvalue weighted by Gasteiger charge is -2.37. The van der Waals surface area contributed by atoms with E-state index in [1.54, 1.807) is 26.0 Å². The van der Waals surface area contributed by atoms with Crippen LogP contribution in [0.4, 0.5) is 17.1 Å². The molecule has 1 aliphatic heterocycles. The van der Waals surface area contributed by atoms with Crippen molar-refractivity contribution in [1.29, 1.82) is 0 Å². The highest BCUT2D eigenvalue weighted by Crippen LogP contribution is 2.24. The monoisotopic (exact) mass is 417 g/mol. The zero-order valence-corrected chi connectivity index (χ0v) is 18.4. The van der Waals surface area contributed by atoms with Crippen molar-refractivity contribution in [1.82, 2.24) is 0 Å². The molecule has 7 heteroatoms. The van der Waals surface area contributed by atoms with Gasteiger partial charge in [0.2, 0.25) is 10.0 Å². The Hall–Kier alpha value is -2.25. The molecule has 0 aromatic heterocycles. The molecule has 1 heterocycles. The first-order valence-electron chi connectivity index (χ1n) is 10.1. The number of sulfonamides is 1. The molecule has 0 bridgehead atoms. The van der Waals surface area contributed by atoms with Gasteiger partial charge in [-0.05, 0) is 63.6 Å². The fourth-order valence-electron chi connectivity index (χ4n) is 3.38. The van der Waals surface area contributed by atoms with Gasteiger partial charge < -0.3 is 15.0 Å². The lowest BCUT2D eigenvalue weighted by atomic mass is 10.1. The summed E-state index contributed by atoms with van der Waals surface area (Å²) in [7, 11) is -3.32. The van der Waals surface area contributed by atoms with Crippen LogP contribution < -0.4 is 14.9 Å². The van der Waals surface area contributed by atoms with Crippen LogP contribution in [-0.4, -0.2) is 39.0 Å². The average molecular weight is 418 g/mol. The van der Waals surface area contributed by atoms with Gasteiger partial charge in [-0.25, -0.2) is 8.42 Å². The van der Waals surface area contributed by atoms with E-state index in [0.29, 0.717) is 12.2 Å². The van der Waals surface area contributed by atoms with Crippen molar-refractivity contribution in [2.45, 2.75) is 51.7 Å². The average Bonchev–Trinajstić information content (AvgIpc) is 2.66. The minimum atomic E-state index is -3.32. The third kappa shape index (κ3) is 5.87. The zero-order valence-electron chi connectivity index (χ0n) is 17.6. The summed E-state index contributed by atoms with van der Waals surface area (Å²) < 4.78 is 32.4. The standard InChI is InChI=1S/C22H31N3O3S/c1-16(2)29(26,27)24-20-10-8-19(9-11-20)13-23-21-6-5-7-22(12-21)25-14-17(3)28-18(4)15-25/h5-12,16-18,23-24H,13-15H2,1-4H3. The number of nitrogens with zero attached hydrogens (tertiary/aromatic N) is 1. The molecule has 29 heavy (non-hydrogen) atoms. The molecule has 0 aliphatic carbocycles. The van der Waals surface area contributed by atoms with Crippen molar-refractivity contribution < 1.29 is 13.2 Å². The Kier molecular flexibility index (Phi) is 6.70. The number of nitrogens with one attached hydrogen (secondary N) is 2. The number of rotatable bonds is 7. The predicted octanol–water partition coefficient (Wildman–Crippen LogP) is 4.06. The Morgan fingerprint density at radius 3 is 2.31 bits per heavy atom. The minimum absolute atomic E-state index is 0.224. The molecule has 6 nitrogen and oxygen atoms in total. The molecular weight excluding hydrogens is 386 g/mol. The molecule has 0 amide bonds. The molecule has 158 valence electrons.